The summed E-state index contributed by atoms with van der Waals surface area (Å²) >= 11 is 12.5. The lowest BCUT2D eigenvalue weighted by atomic mass is 9.90. The van der Waals surface area contributed by atoms with Gasteiger partial charge in [-0.05, 0) is 29.8 Å². The Morgan fingerprint density at radius 3 is 2.52 bits per heavy atom. The van der Waals surface area contributed by atoms with E-state index < -0.39 is 0 Å². The number of likely N-dealkylation sites (tertiary alicyclic amines) is 1. The smallest absolute Gasteiger partial charge is 0.223 e. The molecule has 120 valence electrons. The molecule has 5 nitrogen and oxygen atoms in total. The molecule has 1 saturated heterocycles. The van der Waals surface area contributed by atoms with Crippen LogP contribution in [0.2, 0.25) is 10.0 Å². The number of primary amides is 1. The van der Waals surface area contributed by atoms with E-state index in [9.17, 15) is 9.90 Å². The zero-order valence-corrected chi connectivity index (χ0v) is 13.6. The number of halogens is 2. The maximum absolute atomic E-state index is 11.3. The number of aromatic hydroxyl groups is 1. The Labute approximate surface area is 143 Å². The fourth-order valence-corrected chi connectivity index (χ4v) is 3.25. The zero-order chi connectivity index (χ0) is 16.6. The van der Waals surface area contributed by atoms with Gasteiger partial charge in [0, 0.05) is 31.0 Å². The van der Waals surface area contributed by atoms with E-state index in [-0.39, 0.29) is 23.6 Å². The first-order valence-electron chi connectivity index (χ1n) is 7.09. The number of amides is 1. The van der Waals surface area contributed by atoms with Gasteiger partial charge in [-0.2, -0.15) is 0 Å². The van der Waals surface area contributed by atoms with Crippen molar-refractivity contribution in [1.29, 1.82) is 0 Å². The van der Waals surface area contributed by atoms with Crippen LogP contribution in [0.25, 0.3) is 0 Å². The molecule has 1 aromatic heterocycles. The first-order chi connectivity index (χ1) is 11.0. The Morgan fingerprint density at radius 2 is 1.91 bits per heavy atom. The average Bonchev–Trinajstić information content (AvgIpc) is 2.49. The van der Waals surface area contributed by atoms with Gasteiger partial charge >= 0.3 is 0 Å². The molecular formula is C16H15Cl2N3O2. The Balaban J connectivity index is 2.04. The summed E-state index contributed by atoms with van der Waals surface area (Å²) in [6.07, 6.45) is 3.34. The zero-order valence-electron chi connectivity index (χ0n) is 12.1. The molecule has 1 amide bonds. The summed E-state index contributed by atoms with van der Waals surface area (Å²) in [5, 5.41) is 11.0. The molecule has 0 saturated carbocycles. The predicted octanol–water partition coefficient (Wildman–Crippen LogP) is 2.60. The molecule has 0 aliphatic carbocycles. The summed E-state index contributed by atoms with van der Waals surface area (Å²) in [4.78, 5) is 17.3. The van der Waals surface area contributed by atoms with Gasteiger partial charge in [-0.25, -0.2) is 0 Å². The second-order valence-corrected chi connectivity index (χ2v) is 6.32. The number of pyridine rings is 1. The monoisotopic (exact) mass is 351 g/mol. The van der Waals surface area contributed by atoms with Gasteiger partial charge in [-0.3, -0.25) is 14.7 Å². The van der Waals surface area contributed by atoms with E-state index in [1.165, 1.54) is 6.07 Å². The van der Waals surface area contributed by atoms with Crippen molar-refractivity contribution in [3.63, 3.8) is 0 Å². The maximum Gasteiger partial charge on any atom is 0.223 e. The van der Waals surface area contributed by atoms with E-state index in [0.717, 1.165) is 5.56 Å². The van der Waals surface area contributed by atoms with Crippen LogP contribution in [0.5, 0.6) is 5.75 Å². The standard InChI is InChI=1S/C16H15Cl2N3O2/c17-11-1-2-12(22)13(14(11)18)15(9-3-5-20-6-4-9)21-7-10(8-21)16(19)23/h1-6,10,15,22H,7-8H2,(H2,19,23). The van der Waals surface area contributed by atoms with Crippen LogP contribution in [-0.4, -0.2) is 34.0 Å². The normalized spacial score (nSPS) is 16.8. The van der Waals surface area contributed by atoms with Crippen molar-refractivity contribution >= 4 is 29.1 Å². The quantitative estimate of drug-likeness (QED) is 0.887. The van der Waals surface area contributed by atoms with Crippen LogP contribution < -0.4 is 5.73 Å². The molecule has 1 unspecified atom stereocenters. The van der Waals surface area contributed by atoms with Crippen LogP contribution in [0.4, 0.5) is 0 Å². The lowest BCUT2D eigenvalue weighted by molar-refractivity contribution is -0.127. The topological polar surface area (TPSA) is 79.5 Å². The summed E-state index contributed by atoms with van der Waals surface area (Å²) in [5.74, 6) is -0.459. The molecule has 0 bridgehead atoms. The van der Waals surface area contributed by atoms with Crippen molar-refractivity contribution in [2.45, 2.75) is 6.04 Å². The number of aromatic nitrogens is 1. The highest BCUT2D eigenvalue weighted by atomic mass is 35.5. The lowest BCUT2D eigenvalue weighted by Gasteiger charge is -2.43. The Kier molecular flexibility index (Phi) is 4.43. The van der Waals surface area contributed by atoms with Gasteiger partial charge in [0.05, 0.1) is 22.0 Å². The minimum Gasteiger partial charge on any atom is -0.508 e. The summed E-state index contributed by atoms with van der Waals surface area (Å²) in [6.45, 7) is 1.01. The molecule has 1 aliphatic heterocycles. The maximum atomic E-state index is 11.3. The van der Waals surface area contributed by atoms with Gasteiger partial charge in [0.15, 0.2) is 0 Å². The van der Waals surface area contributed by atoms with Crippen LogP contribution in [-0.2, 0) is 4.79 Å². The van der Waals surface area contributed by atoms with Crippen LogP contribution in [0.3, 0.4) is 0 Å². The van der Waals surface area contributed by atoms with E-state index in [1.807, 2.05) is 17.0 Å². The second kappa shape index (κ2) is 6.35. The van der Waals surface area contributed by atoms with Crippen molar-refractivity contribution in [3.8, 4) is 5.75 Å². The van der Waals surface area contributed by atoms with Crippen LogP contribution in [0.1, 0.15) is 17.2 Å². The van der Waals surface area contributed by atoms with E-state index in [2.05, 4.69) is 4.98 Å². The third kappa shape index (κ3) is 3.00. The van der Waals surface area contributed by atoms with E-state index in [0.29, 0.717) is 28.7 Å². The summed E-state index contributed by atoms with van der Waals surface area (Å²) in [7, 11) is 0. The second-order valence-electron chi connectivity index (χ2n) is 5.53. The van der Waals surface area contributed by atoms with Gasteiger partial charge in [0.2, 0.25) is 5.91 Å². The molecule has 23 heavy (non-hydrogen) atoms. The first-order valence-corrected chi connectivity index (χ1v) is 7.84. The van der Waals surface area contributed by atoms with Crippen LogP contribution >= 0.6 is 23.2 Å². The number of hydrogen-bond acceptors (Lipinski definition) is 4. The largest absolute Gasteiger partial charge is 0.508 e. The molecule has 7 heteroatoms. The van der Waals surface area contributed by atoms with E-state index in [4.69, 9.17) is 28.9 Å². The van der Waals surface area contributed by atoms with Gasteiger partial charge < -0.3 is 10.8 Å². The Hall–Kier alpha value is -1.82. The number of phenols is 1. The Morgan fingerprint density at radius 1 is 1.26 bits per heavy atom. The number of phenolic OH excluding ortho intramolecular Hbond substituents is 1. The molecule has 0 radical (unpaired) electrons. The number of rotatable bonds is 4. The predicted molar refractivity (Wildman–Crippen MR) is 88.5 cm³/mol. The molecular weight excluding hydrogens is 337 g/mol. The number of nitrogens with zero attached hydrogens (tertiary/aromatic N) is 2. The fourth-order valence-electron chi connectivity index (χ4n) is 2.83. The van der Waals surface area contributed by atoms with Crippen LogP contribution in [0.15, 0.2) is 36.7 Å². The van der Waals surface area contributed by atoms with Crippen molar-refractivity contribution in [3.05, 3.63) is 57.8 Å². The summed E-state index contributed by atoms with van der Waals surface area (Å²) in [6, 6.07) is 6.44. The van der Waals surface area contributed by atoms with Crippen molar-refractivity contribution in [1.82, 2.24) is 9.88 Å². The number of nitrogens with two attached hydrogens (primary N) is 1. The van der Waals surface area contributed by atoms with E-state index in [1.54, 1.807) is 18.5 Å². The fraction of sp³-hybridized carbons (Fsp3) is 0.250. The van der Waals surface area contributed by atoms with Crippen molar-refractivity contribution in [2.75, 3.05) is 13.1 Å². The summed E-state index contributed by atoms with van der Waals surface area (Å²) < 4.78 is 0. The highest BCUT2D eigenvalue weighted by Crippen LogP contribution is 2.43. The highest BCUT2D eigenvalue weighted by molar-refractivity contribution is 6.42. The molecule has 1 atom stereocenters. The van der Waals surface area contributed by atoms with Gasteiger partial charge in [-0.15, -0.1) is 0 Å². The molecule has 2 heterocycles. The average molecular weight is 352 g/mol. The Bertz CT molecular complexity index is 734. The van der Waals surface area contributed by atoms with Crippen molar-refractivity contribution < 1.29 is 9.90 Å². The lowest BCUT2D eigenvalue weighted by Crippen LogP contribution is -2.53. The minimum absolute atomic E-state index is 0.0590. The third-order valence-electron chi connectivity index (χ3n) is 4.08. The molecule has 2 aromatic rings. The number of carbonyl (C=O) groups is 1. The summed E-state index contributed by atoms with van der Waals surface area (Å²) in [5.41, 5.74) is 6.78. The van der Waals surface area contributed by atoms with Crippen LogP contribution in [0, 0.1) is 5.92 Å². The molecule has 0 spiro atoms. The van der Waals surface area contributed by atoms with Gasteiger partial charge in [-0.1, -0.05) is 23.2 Å². The highest BCUT2D eigenvalue weighted by Gasteiger charge is 2.38. The number of benzene rings is 1. The van der Waals surface area contributed by atoms with E-state index >= 15 is 0 Å². The molecule has 3 N–H and O–H groups in total. The first kappa shape index (κ1) is 16.1. The number of carbonyl (C=O) groups excluding carboxylic acids is 1. The molecule has 1 fully saturated rings. The third-order valence-corrected chi connectivity index (χ3v) is 4.90. The molecule has 1 aliphatic rings. The minimum atomic E-state index is -0.323. The molecule has 1 aromatic carbocycles. The van der Waals surface area contributed by atoms with Gasteiger partial charge in [0.25, 0.3) is 0 Å². The SMILES string of the molecule is NC(=O)C1CN(C(c2ccncc2)c2c(O)ccc(Cl)c2Cl)C1. The number of hydrogen-bond donors (Lipinski definition) is 2. The van der Waals surface area contributed by atoms with Crippen molar-refractivity contribution in [2.24, 2.45) is 11.7 Å². The molecule has 3 rings (SSSR count). The van der Waals surface area contributed by atoms with Gasteiger partial charge in [0.1, 0.15) is 5.75 Å².